The Hall–Kier alpha value is -2.49. The Kier molecular flexibility index (Phi) is 5.94. The third-order valence-corrected chi connectivity index (χ3v) is 4.38. The van der Waals surface area contributed by atoms with Gasteiger partial charge in [0, 0.05) is 12.5 Å². The van der Waals surface area contributed by atoms with E-state index in [1.807, 2.05) is 42.5 Å². The first-order valence-electron chi connectivity index (χ1n) is 8.92. The monoisotopic (exact) mass is 339 g/mol. The van der Waals surface area contributed by atoms with Crippen molar-refractivity contribution in [3.63, 3.8) is 0 Å². The number of benzene rings is 2. The molecule has 1 heterocycles. The molecule has 0 unspecified atom stereocenters. The van der Waals surface area contributed by atoms with Crippen LogP contribution >= 0.6 is 0 Å². The van der Waals surface area contributed by atoms with Gasteiger partial charge in [-0.2, -0.15) is 0 Å². The van der Waals surface area contributed by atoms with E-state index in [0.29, 0.717) is 19.4 Å². The molecule has 1 aliphatic heterocycles. The maximum Gasteiger partial charge on any atom is 0.220 e. The Balaban J connectivity index is 1.37. The molecular formula is C21H25NO3. The van der Waals surface area contributed by atoms with E-state index in [0.717, 1.165) is 24.3 Å². The predicted molar refractivity (Wildman–Crippen MR) is 98.0 cm³/mol. The van der Waals surface area contributed by atoms with Gasteiger partial charge >= 0.3 is 0 Å². The summed E-state index contributed by atoms with van der Waals surface area (Å²) in [4.78, 5) is 12.1. The lowest BCUT2D eigenvalue weighted by Crippen LogP contribution is -2.35. The highest BCUT2D eigenvalue weighted by Crippen LogP contribution is 2.31. The minimum Gasteiger partial charge on any atom is -0.486 e. The molecule has 4 nitrogen and oxygen atoms in total. The van der Waals surface area contributed by atoms with Crippen LogP contribution in [0.25, 0.3) is 0 Å². The third kappa shape index (κ3) is 5.24. The smallest absolute Gasteiger partial charge is 0.220 e. The molecule has 2 atom stereocenters. The van der Waals surface area contributed by atoms with Crippen LogP contribution in [-0.2, 0) is 11.2 Å². The van der Waals surface area contributed by atoms with Crippen molar-refractivity contribution in [2.24, 2.45) is 0 Å². The molecule has 1 amide bonds. The summed E-state index contributed by atoms with van der Waals surface area (Å²) in [6, 6.07) is 18.1. The first-order chi connectivity index (χ1) is 12.2. The van der Waals surface area contributed by atoms with Crippen molar-refractivity contribution in [2.45, 2.75) is 44.8 Å². The maximum atomic E-state index is 12.1. The van der Waals surface area contributed by atoms with Gasteiger partial charge in [0.1, 0.15) is 12.7 Å². The van der Waals surface area contributed by atoms with Crippen LogP contribution in [0.1, 0.15) is 31.7 Å². The van der Waals surface area contributed by atoms with E-state index in [2.05, 4.69) is 24.4 Å². The Morgan fingerprint density at radius 1 is 1.12 bits per heavy atom. The Morgan fingerprint density at radius 2 is 1.84 bits per heavy atom. The number of aryl methyl sites for hydroxylation is 1. The SMILES string of the molecule is C[C@H](CCc1ccccc1)NC(=O)CC[C@@H]1COc2ccccc2O1. The van der Waals surface area contributed by atoms with Crippen molar-refractivity contribution < 1.29 is 14.3 Å². The number of ether oxygens (including phenoxy) is 2. The molecule has 132 valence electrons. The van der Waals surface area contributed by atoms with Gasteiger partial charge in [0.25, 0.3) is 0 Å². The van der Waals surface area contributed by atoms with Gasteiger partial charge < -0.3 is 14.8 Å². The highest BCUT2D eigenvalue weighted by molar-refractivity contribution is 5.76. The predicted octanol–water partition coefficient (Wildman–Crippen LogP) is 3.74. The van der Waals surface area contributed by atoms with Crippen LogP contribution < -0.4 is 14.8 Å². The van der Waals surface area contributed by atoms with Crippen molar-refractivity contribution in [1.29, 1.82) is 0 Å². The van der Waals surface area contributed by atoms with Crippen LogP contribution in [0.4, 0.5) is 0 Å². The molecule has 0 fully saturated rings. The highest BCUT2D eigenvalue weighted by Gasteiger charge is 2.21. The van der Waals surface area contributed by atoms with E-state index in [1.165, 1.54) is 5.56 Å². The van der Waals surface area contributed by atoms with Crippen molar-refractivity contribution in [3.05, 3.63) is 60.2 Å². The van der Waals surface area contributed by atoms with Crippen molar-refractivity contribution in [1.82, 2.24) is 5.32 Å². The Labute approximate surface area is 149 Å². The summed E-state index contributed by atoms with van der Waals surface area (Å²) < 4.78 is 11.6. The van der Waals surface area contributed by atoms with Crippen LogP contribution in [0.3, 0.4) is 0 Å². The Bertz CT molecular complexity index is 687. The summed E-state index contributed by atoms with van der Waals surface area (Å²) in [6.45, 7) is 2.55. The number of fused-ring (bicyclic) bond motifs is 1. The number of hydrogen-bond acceptors (Lipinski definition) is 3. The van der Waals surface area contributed by atoms with E-state index in [1.54, 1.807) is 0 Å². The lowest BCUT2D eigenvalue weighted by atomic mass is 10.1. The summed E-state index contributed by atoms with van der Waals surface area (Å²) in [5.41, 5.74) is 1.30. The molecule has 0 aliphatic carbocycles. The molecule has 0 aromatic heterocycles. The zero-order chi connectivity index (χ0) is 17.5. The van der Waals surface area contributed by atoms with E-state index in [9.17, 15) is 4.79 Å². The normalized spacial score (nSPS) is 16.9. The van der Waals surface area contributed by atoms with Gasteiger partial charge in [-0.15, -0.1) is 0 Å². The molecule has 0 radical (unpaired) electrons. The molecule has 2 aromatic rings. The van der Waals surface area contributed by atoms with Gasteiger partial charge in [-0.1, -0.05) is 42.5 Å². The van der Waals surface area contributed by atoms with Gasteiger partial charge in [-0.05, 0) is 43.9 Å². The van der Waals surface area contributed by atoms with Gasteiger partial charge in [0.15, 0.2) is 11.5 Å². The fourth-order valence-corrected chi connectivity index (χ4v) is 2.94. The lowest BCUT2D eigenvalue weighted by molar-refractivity contribution is -0.122. The molecule has 3 rings (SSSR count). The van der Waals surface area contributed by atoms with Crippen molar-refractivity contribution >= 4 is 5.91 Å². The van der Waals surface area contributed by atoms with Gasteiger partial charge in [-0.3, -0.25) is 4.79 Å². The number of para-hydroxylation sites is 2. The molecular weight excluding hydrogens is 314 g/mol. The van der Waals surface area contributed by atoms with Crippen LogP contribution in [0.15, 0.2) is 54.6 Å². The summed E-state index contributed by atoms with van der Waals surface area (Å²) in [6.07, 6.45) is 2.95. The third-order valence-electron chi connectivity index (χ3n) is 4.38. The van der Waals surface area contributed by atoms with E-state index in [-0.39, 0.29) is 18.1 Å². The molecule has 0 saturated carbocycles. The van der Waals surface area contributed by atoms with E-state index < -0.39 is 0 Å². The van der Waals surface area contributed by atoms with E-state index in [4.69, 9.17) is 9.47 Å². The number of amides is 1. The number of rotatable bonds is 7. The number of hydrogen-bond donors (Lipinski definition) is 1. The summed E-state index contributed by atoms with van der Waals surface area (Å²) in [7, 11) is 0. The summed E-state index contributed by atoms with van der Waals surface area (Å²) in [5, 5.41) is 3.07. The van der Waals surface area contributed by atoms with Gasteiger partial charge in [0.05, 0.1) is 0 Å². The molecule has 0 spiro atoms. The second-order valence-corrected chi connectivity index (χ2v) is 6.53. The average molecular weight is 339 g/mol. The molecule has 1 aliphatic rings. The summed E-state index contributed by atoms with van der Waals surface area (Å²) >= 11 is 0. The minimum atomic E-state index is -0.0692. The molecule has 25 heavy (non-hydrogen) atoms. The van der Waals surface area contributed by atoms with Crippen LogP contribution in [0, 0.1) is 0 Å². The zero-order valence-corrected chi connectivity index (χ0v) is 14.6. The quantitative estimate of drug-likeness (QED) is 0.836. The van der Waals surface area contributed by atoms with Crippen molar-refractivity contribution in [2.75, 3.05) is 6.61 Å². The maximum absolute atomic E-state index is 12.1. The molecule has 2 aromatic carbocycles. The number of carbonyl (C=O) groups excluding carboxylic acids is 1. The average Bonchev–Trinajstić information content (AvgIpc) is 2.65. The van der Waals surface area contributed by atoms with Crippen molar-refractivity contribution in [3.8, 4) is 11.5 Å². The number of carbonyl (C=O) groups is 1. The largest absolute Gasteiger partial charge is 0.486 e. The van der Waals surface area contributed by atoms with Gasteiger partial charge in [0.2, 0.25) is 5.91 Å². The lowest BCUT2D eigenvalue weighted by Gasteiger charge is -2.26. The molecule has 0 saturated heterocycles. The fraction of sp³-hybridized carbons (Fsp3) is 0.381. The standard InChI is InChI=1S/C21H25NO3/c1-16(11-12-17-7-3-2-4-8-17)22-21(23)14-13-18-15-24-19-9-5-6-10-20(19)25-18/h2-10,16,18H,11-15H2,1H3,(H,22,23)/t16-,18-/m1/s1. The second-order valence-electron chi connectivity index (χ2n) is 6.53. The highest BCUT2D eigenvalue weighted by atomic mass is 16.6. The van der Waals surface area contributed by atoms with Gasteiger partial charge in [-0.25, -0.2) is 0 Å². The van der Waals surface area contributed by atoms with Crippen LogP contribution in [0.2, 0.25) is 0 Å². The molecule has 4 heteroatoms. The molecule has 1 N–H and O–H groups in total. The fourth-order valence-electron chi connectivity index (χ4n) is 2.94. The first-order valence-corrected chi connectivity index (χ1v) is 8.92. The second kappa shape index (κ2) is 8.56. The Morgan fingerprint density at radius 3 is 2.64 bits per heavy atom. The number of nitrogens with one attached hydrogen (secondary N) is 1. The van der Waals surface area contributed by atoms with E-state index >= 15 is 0 Å². The minimum absolute atomic E-state index is 0.0692. The summed E-state index contributed by atoms with van der Waals surface area (Å²) in [5.74, 6) is 1.61. The first kappa shape index (κ1) is 17.3. The zero-order valence-electron chi connectivity index (χ0n) is 14.6. The topological polar surface area (TPSA) is 47.6 Å². The molecule has 0 bridgehead atoms. The van der Waals surface area contributed by atoms with Crippen LogP contribution in [0.5, 0.6) is 11.5 Å². The van der Waals surface area contributed by atoms with Crippen LogP contribution in [-0.4, -0.2) is 24.7 Å².